The molecule has 0 saturated carbocycles. The number of carbonyl (C=O) groups is 2. The summed E-state index contributed by atoms with van der Waals surface area (Å²) in [6, 6.07) is 6.82. The van der Waals surface area contributed by atoms with Crippen LogP contribution in [0, 0.1) is 0 Å². The molecule has 1 aliphatic carbocycles. The molecule has 0 aliphatic heterocycles. The van der Waals surface area contributed by atoms with E-state index in [4.69, 9.17) is 18.9 Å². The van der Waals surface area contributed by atoms with Gasteiger partial charge in [-0.3, -0.25) is 4.79 Å². The Morgan fingerprint density at radius 3 is 2.46 bits per heavy atom. The molecule has 0 heterocycles. The number of sulfonamides is 1. The van der Waals surface area contributed by atoms with Gasteiger partial charge in [0.2, 0.25) is 14.8 Å². The molecule has 0 saturated heterocycles. The van der Waals surface area contributed by atoms with E-state index >= 15 is 0 Å². The largest absolute Gasteiger partial charge is 0.496 e. The second-order valence-electron chi connectivity index (χ2n) is 8.99. The summed E-state index contributed by atoms with van der Waals surface area (Å²) in [6.45, 7) is 5.00. The minimum absolute atomic E-state index is 0.0285. The van der Waals surface area contributed by atoms with Crippen LogP contribution < -0.4 is 9.46 Å². The van der Waals surface area contributed by atoms with E-state index in [1.807, 2.05) is 0 Å². The van der Waals surface area contributed by atoms with E-state index < -0.39 is 32.7 Å². The van der Waals surface area contributed by atoms with Gasteiger partial charge < -0.3 is 28.8 Å². The molecule has 1 unspecified atom stereocenters. The van der Waals surface area contributed by atoms with E-state index in [0.29, 0.717) is 16.9 Å². The quantitative estimate of drug-likeness (QED) is 0.177. The van der Waals surface area contributed by atoms with Crippen LogP contribution >= 0.6 is 0 Å². The number of aldehydes is 1. The molecule has 0 radical (unpaired) electrons. The third-order valence-electron chi connectivity index (χ3n) is 5.04. The summed E-state index contributed by atoms with van der Waals surface area (Å²) < 4.78 is 49.3. The Morgan fingerprint density at radius 1 is 1.20 bits per heavy atom. The lowest BCUT2D eigenvalue weighted by Crippen LogP contribution is -2.55. The number of para-hydroxylation sites is 1. The Labute approximate surface area is 205 Å². The Morgan fingerprint density at radius 2 is 1.89 bits per heavy atom. The zero-order valence-electron chi connectivity index (χ0n) is 20.6. The van der Waals surface area contributed by atoms with Gasteiger partial charge in [0.25, 0.3) is 0 Å². The van der Waals surface area contributed by atoms with Crippen LogP contribution in [0.4, 0.5) is 0 Å². The SMILES string of the molecule is COCCOCOC1=C(c2ccccc2OC)CC(CC(=O)O)=CC1(C=O)S(=O)(=O)NC(C)(C)C. The van der Waals surface area contributed by atoms with Gasteiger partial charge in [0, 0.05) is 23.8 Å². The monoisotopic (exact) mass is 511 g/mol. The van der Waals surface area contributed by atoms with Crippen molar-refractivity contribution in [2.75, 3.05) is 34.2 Å². The molecule has 2 rings (SSSR count). The van der Waals surface area contributed by atoms with Gasteiger partial charge in [-0.1, -0.05) is 23.8 Å². The molecule has 194 valence electrons. The molecule has 1 aromatic rings. The minimum Gasteiger partial charge on any atom is -0.496 e. The minimum atomic E-state index is -4.47. The second kappa shape index (κ2) is 11.8. The lowest BCUT2D eigenvalue weighted by molar-refractivity contribution is -0.136. The lowest BCUT2D eigenvalue weighted by atomic mass is 9.84. The van der Waals surface area contributed by atoms with Crippen LogP contribution in [-0.4, -0.2) is 70.3 Å². The molecular weight excluding hydrogens is 478 g/mol. The molecule has 11 heteroatoms. The van der Waals surface area contributed by atoms with Crippen LogP contribution in [0.15, 0.2) is 41.7 Å². The predicted molar refractivity (Wildman–Crippen MR) is 129 cm³/mol. The number of ether oxygens (including phenoxy) is 4. The predicted octanol–water partition coefficient (Wildman–Crippen LogP) is 2.50. The van der Waals surface area contributed by atoms with Crippen molar-refractivity contribution in [3.05, 3.63) is 47.2 Å². The Hall–Kier alpha value is -2.73. The van der Waals surface area contributed by atoms with E-state index in [-0.39, 0.29) is 44.0 Å². The molecule has 0 fully saturated rings. The molecule has 0 amide bonds. The summed E-state index contributed by atoms with van der Waals surface area (Å²) in [5.74, 6) is -0.939. The number of hydrogen-bond acceptors (Lipinski definition) is 8. The first-order valence-corrected chi connectivity index (χ1v) is 12.4. The molecule has 0 spiro atoms. The number of rotatable bonds is 13. The van der Waals surface area contributed by atoms with E-state index in [1.165, 1.54) is 14.2 Å². The van der Waals surface area contributed by atoms with Gasteiger partial charge in [0.15, 0.2) is 13.1 Å². The highest BCUT2D eigenvalue weighted by Gasteiger charge is 2.52. The number of nitrogens with one attached hydrogen (secondary N) is 1. The highest BCUT2D eigenvalue weighted by atomic mass is 32.2. The first-order valence-electron chi connectivity index (χ1n) is 10.9. The number of carbonyl (C=O) groups excluding carboxylic acids is 1. The fourth-order valence-electron chi connectivity index (χ4n) is 3.72. The number of carboxylic acids is 1. The first kappa shape index (κ1) is 28.5. The van der Waals surface area contributed by atoms with Crippen molar-refractivity contribution in [1.82, 2.24) is 4.72 Å². The fraction of sp³-hybridized carbons (Fsp3) is 0.500. The van der Waals surface area contributed by atoms with Crippen molar-refractivity contribution < 1.29 is 42.1 Å². The normalized spacial score (nSPS) is 18.7. The van der Waals surface area contributed by atoms with Gasteiger partial charge in [0.05, 0.1) is 26.7 Å². The molecule has 1 aliphatic rings. The summed E-state index contributed by atoms with van der Waals surface area (Å²) in [4.78, 5) is 24.3. The number of allylic oxidation sites excluding steroid dienone is 1. The third kappa shape index (κ3) is 6.91. The first-order chi connectivity index (χ1) is 16.4. The van der Waals surface area contributed by atoms with E-state index in [2.05, 4.69) is 4.72 Å². The maximum atomic E-state index is 13.7. The topological polar surface area (TPSA) is 137 Å². The average molecular weight is 512 g/mol. The summed E-state index contributed by atoms with van der Waals surface area (Å²) in [7, 11) is -1.51. The summed E-state index contributed by atoms with van der Waals surface area (Å²) in [5.41, 5.74) is 0.0769. The van der Waals surface area contributed by atoms with Crippen LogP contribution in [0.2, 0.25) is 0 Å². The van der Waals surface area contributed by atoms with Crippen LogP contribution in [-0.2, 0) is 33.8 Å². The van der Waals surface area contributed by atoms with Crippen molar-refractivity contribution in [2.45, 2.75) is 43.9 Å². The average Bonchev–Trinajstić information content (AvgIpc) is 2.77. The zero-order chi connectivity index (χ0) is 26.3. The molecular formula is C24H33NO9S. The molecule has 1 aromatic carbocycles. The number of benzene rings is 1. The van der Waals surface area contributed by atoms with Crippen LogP contribution in [0.5, 0.6) is 5.75 Å². The van der Waals surface area contributed by atoms with Crippen LogP contribution in [0.3, 0.4) is 0 Å². The van der Waals surface area contributed by atoms with Gasteiger partial charge in [-0.05, 0) is 39.3 Å². The van der Waals surface area contributed by atoms with E-state index in [9.17, 15) is 23.1 Å². The summed E-state index contributed by atoms with van der Waals surface area (Å²) in [6.07, 6.45) is 0.977. The Kier molecular flexibility index (Phi) is 9.61. The van der Waals surface area contributed by atoms with Gasteiger partial charge >= 0.3 is 5.97 Å². The summed E-state index contributed by atoms with van der Waals surface area (Å²) >= 11 is 0. The molecule has 10 nitrogen and oxygen atoms in total. The van der Waals surface area contributed by atoms with Crippen molar-refractivity contribution in [3.8, 4) is 5.75 Å². The van der Waals surface area contributed by atoms with E-state index in [0.717, 1.165) is 6.08 Å². The van der Waals surface area contributed by atoms with Crippen LogP contribution in [0.1, 0.15) is 39.2 Å². The number of methoxy groups -OCH3 is 2. The van der Waals surface area contributed by atoms with Gasteiger partial charge in [-0.2, -0.15) is 0 Å². The fourth-order valence-corrected chi connectivity index (χ4v) is 5.57. The lowest BCUT2D eigenvalue weighted by Gasteiger charge is -2.36. The molecule has 1 atom stereocenters. The highest BCUT2D eigenvalue weighted by molar-refractivity contribution is 7.92. The maximum absolute atomic E-state index is 13.7. The zero-order valence-corrected chi connectivity index (χ0v) is 21.4. The number of hydrogen-bond donors (Lipinski definition) is 2. The van der Waals surface area contributed by atoms with Crippen molar-refractivity contribution in [1.29, 1.82) is 0 Å². The standard InChI is InChI=1S/C24H33NO9S/c1-23(2,3)25-35(29,30)24(15-26)14-17(13-21(27)28)12-19(18-8-6-7-9-20(18)32-5)22(24)34-16-33-11-10-31-4/h6-9,14-15,25H,10-13,16H2,1-5H3,(H,27,28). The third-order valence-corrected chi connectivity index (χ3v) is 7.21. The molecule has 0 bridgehead atoms. The molecule has 35 heavy (non-hydrogen) atoms. The van der Waals surface area contributed by atoms with Crippen LogP contribution in [0.25, 0.3) is 5.57 Å². The second-order valence-corrected chi connectivity index (χ2v) is 10.9. The number of carboxylic acid groups (broad SMARTS) is 1. The van der Waals surface area contributed by atoms with Gasteiger partial charge in [0.1, 0.15) is 11.5 Å². The maximum Gasteiger partial charge on any atom is 0.307 e. The smallest absolute Gasteiger partial charge is 0.307 e. The molecule has 0 aromatic heterocycles. The van der Waals surface area contributed by atoms with Crippen molar-refractivity contribution in [2.24, 2.45) is 0 Å². The molecule has 2 N–H and O–H groups in total. The van der Waals surface area contributed by atoms with Crippen molar-refractivity contribution >= 4 is 27.9 Å². The Bertz CT molecular complexity index is 1090. The van der Waals surface area contributed by atoms with E-state index in [1.54, 1.807) is 45.0 Å². The number of aliphatic carboxylic acids is 1. The highest BCUT2D eigenvalue weighted by Crippen LogP contribution is 2.44. The van der Waals surface area contributed by atoms with Crippen molar-refractivity contribution in [3.63, 3.8) is 0 Å². The van der Waals surface area contributed by atoms with Gasteiger partial charge in [-0.15, -0.1) is 0 Å². The Balaban J connectivity index is 2.81. The van der Waals surface area contributed by atoms with Gasteiger partial charge in [-0.25, -0.2) is 13.1 Å². The summed E-state index contributed by atoms with van der Waals surface area (Å²) in [5, 5.41) is 9.45.